The normalized spacial score (nSPS) is 16.1. The lowest BCUT2D eigenvalue weighted by molar-refractivity contribution is 0.0751. The lowest BCUT2D eigenvalue weighted by atomic mass is 10.0. The number of aromatic nitrogens is 1. The number of nitrogens with one attached hydrogen (secondary N) is 1. The van der Waals surface area contributed by atoms with Crippen molar-refractivity contribution in [2.24, 2.45) is 5.16 Å². The summed E-state index contributed by atoms with van der Waals surface area (Å²) in [5.41, 5.74) is 2.03. The van der Waals surface area contributed by atoms with Crippen LogP contribution in [0.15, 0.2) is 47.8 Å². The van der Waals surface area contributed by atoms with Crippen LogP contribution in [0.2, 0.25) is 0 Å². The molecule has 7 heteroatoms. The second kappa shape index (κ2) is 7.74. The van der Waals surface area contributed by atoms with Gasteiger partial charge in [-0.2, -0.15) is 0 Å². The lowest BCUT2D eigenvalue weighted by Crippen LogP contribution is -2.32. The Bertz CT molecular complexity index is 795. The van der Waals surface area contributed by atoms with Gasteiger partial charge in [0.25, 0.3) is 5.91 Å². The summed E-state index contributed by atoms with van der Waals surface area (Å²) in [6.45, 7) is 0.313. The van der Waals surface area contributed by atoms with Gasteiger partial charge in [-0.05, 0) is 29.8 Å². The minimum Gasteiger partial charge on any atom is -0.480 e. The van der Waals surface area contributed by atoms with E-state index in [-0.39, 0.29) is 23.7 Å². The Morgan fingerprint density at radius 3 is 3.08 bits per heavy atom. The highest BCUT2D eigenvalue weighted by Crippen LogP contribution is 2.16. The molecule has 25 heavy (non-hydrogen) atoms. The Hall–Kier alpha value is -2.96. The first-order chi connectivity index (χ1) is 12.2. The molecule has 0 bridgehead atoms. The number of benzene rings is 1. The van der Waals surface area contributed by atoms with Gasteiger partial charge < -0.3 is 14.9 Å². The Morgan fingerprint density at radius 2 is 2.28 bits per heavy atom. The van der Waals surface area contributed by atoms with Gasteiger partial charge in [0.15, 0.2) is 0 Å². The predicted octanol–water partition coefficient (Wildman–Crippen LogP) is 2.35. The van der Waals surface area contributed by atoms with Crippen LogP contribution in [0, 0.1) is 5.82 Å². The molecule has 1 aromatic carbocycles. The first kappa shape index (κ1) is 16.9. The summed E-state index contributed by atoms with van der Waals surface area (Å²) >= 11 is 0. The third-order valence-corrected chi connectivity index (χ3v) is 3.79. The van der Waals surface area contributed by atoms with Gasteiger partial charge in [0.05, 0.1) is 19.4 Å². The summed E-state index contributed by atoms with van der Waals surface area (Å²) in [5.74, 6) is -0.284. The number of hydrogen-bond acceptors (Lipinski definition) is 5. The van der Waals surface area contributed by atoms with Crippen LogP contribution in [0.5, 0.6) is 5.88 Å². The molecule has 0 fully saturated rings. The van der Waals surface area contributed by atoms with Gasteiger partial charge in [-0.1, -0.05) is 17.3 Å². The summed E-state index contributed by atoms with van der Waals surface area (Å²) in [4.78, 5) is 21.6. The van der Waals surface area contributed by atoms with Crippen LogP contribution in [0.25, 0.3) is 0 Å². The van der Waals surface area contributed by atoms with Crippen molar-refractivity contribution in [2.75, 3.05) is 13.7 Å². The Balaban J connectivity index is 1.50. The number of hydrogen-bond donors (Lipinski definition) is 1. The maximum absolute atomic E-state index is 13.2. The van der Waals surface area contributed by atoms with E-state index in [9.17, 15) is 9.18 Å². The van der Waals surface area contributed by atoms with Gasteiger partial charge in [-0.3, -0.25) is 4.79 Å². The average Bonchev–Trinajstić information content (AvgIpc) is 3.07. The fourth-order valence-corrected chi connectivity index (χ4v) is 2.61. The Morgan fingerprint density at radius 1 is 1.40 bits per heavy atom. The molecule has 1 amide bonds. The molecule has 2 heterocycles. The zero-order valence-electron chi connectivity index (χ0n) is 13.7. The zero-order valence-corrected chi connectivity index (χ0v) is 13.7. The number of nitrogens with zero attached hydrogens (tertiary/aromatic N) is 2. The summed E-state index contributed by atoms with van der Waals surface area (Å²) in [5, 5.41) is 6.82. The van der Waals surface area contributed by atoms with E-state index in [2.05, 4.69) is 15.5 Å². The van der Waals surface area contributed by atoms with Crippen LogP contribution < -0.4 is 10.1 Å². The number of rotatable bonds is 6. The third kappa shape index (κ3) is 4.32. The summed E-state index contributed by atoms with van der Waals surface area (Å²) in [7, 11) is 1.46. The smallest absolute Gasteiger partial charge is 0.256 e. The Kier molecular flexibility index (Phi) is 5.23. The molecule has 0 unspecified atom stereocenters. The van der Waals surface area contributed by atoms with E-state index in [1.165, 1.54) is 19.2 Å². The molecule has 6 nitrogen and oxygen atoms in total. The maximum atomic E-state index is 13.2. The SMILES string of the molecule is COc1ncccc1C(=O)NC[C@@H]1CC(Cc2cccc(F)c2)=NO1. The van der Waals surface area contributed by atoms with Crippen LogP contribution in [-0.4, -0.2) is 36.4 Å². The minimum absolute atomic E-state index is 0.241. The molecule has 3 rings (SSSR count). The molecule has 1 aliphatic rings. The van der Waals surface area contributed by atoms with E-state index >= 15 is 0 Å². The molecule has 0 saturated carbocycles. The van der Waals surface area contributed by atoms with Crippen molar-refractivity contribution in [3.63, 3.8) is 0 Å². The number of ether oxygens (including phenoxy) is 1. The second-order valence-electron chi connectivity index (χ2n) is 5.67. The highest BCUT2D eigenvalue weighted by Gasteiger charge is 2.23. The summed E-state index contributed by atoms with van der Waals surface area (Å²) < 4.78 is 18.3. The molecule has 0 aliphatic carbocycles. The van der Waals surface area contributed by atoms with Crippen molar-refractivity contribution < 1.29 is 18.8 Å². The van der Waals surface area contributed by atoms with Crippen molar-refractivity contribution in [1.29, 1.82) is 0 Å². The molecule has 130 valence electrons. The van der Waals surface area contributed by atoms with E-state index in [1.54, 1.807) is 24.4 Å². The monoisotopic (exact) mass is 343 g/mol. The molecular weight excluding hydrogens is 325 g/mol. The van der Waals surface area contributed by atoms with E-state index < -0.39 is 0 Å². The largest absolute Gasteiger partial charge is 0.480 e. The second-order valence-corrected chi connectivity index (χ2v) is 5.67. The topological polar surface area (TPSA) is 72.8 Å². The number of pyridine rings is 1. The number of carbonyl (C=O) groups is 1. The molecule has 1 aliphatic heterocycles. The minimum atomic E-state index is -0.285. The van der Waals surface area contributed by atoms with Crippen LogP contribution in [0.4, 0.5) is 4.39 Å². The molecule has 0 radical (unpaired) electrons. The lowest BCUT2D eigenvalue weighted by Gasteiger charge is -2.11. The Labute approximate surface area is 144 Å². The van der Waals surface area contributed by atoms with Crippen LogP contribution in [0.1, 0.15) is 22.3 Å². The summed E-state index contributed by atoms with van der Waals surface area (Å²) in [6, 6.07) is 9.70. The first-order valence-corrected chi connectivity index (χ1v) is 7.89. The number of carbonyl (C=O) groups excluding carboxylic acids is 1. The highest BCUT2D eigenvalue weighted by atomic mass is 19.1. The third-order valence-electron chi connectivity index (χ3n) is 3.79. The molecule has 1 atom stereocenters. The molecule has 1 N–H and O–H groups in total. The van der Waals surface area contributed by atoms with Gasteiger partial charge in [0.2, 0.25) is 5.88 Å². The fraction of sp³-hybridized carbons (Fsp3) is 0.278. The fourth-order valence-electron chi connectivity index (χ4n) is 2.61. The van der Waals surface area contributed by atoms with Gasteiger partial charge in [-0.15, -0.1) is 0 Å². The van der Waals surface area contributed by atoms with Crippen molar-refractivity contribution >= 4 is 11.6 Å². The predicted molar refractivity (Wildman–Crippen MR) is 90.2 cm³/mol. The summed E-state index contributed by atoms with van der Waals surface area (Å²) in [6.07, 6.45) is 2.43. The number of methoxy groups -OCH3 is 1. The van der Waals surface area contributed by atoms with Gasteiger partial charge >= 0.3 is 0 Å². The standard InChI is InChI=1S/C18H18FN3O3/c1-24-18-16(6-3-7-20-18)17(23)21-11-15-10-14(22-25-15)9-12-4-2-5-13(19)8-12/h2-8,15H,9-11H2,1H3,(H,21,23)/t15-/m0/s1. The average molecular weight is 343 g/mol. The van der Waals surface area contributed by atoms with E-state index in [4.69, 9.17) is 9.57 Å². The van der Waals surface area contributed by atoms with Gasteiger partial charge in [-0.25, -0.2) is 9.37 Å². The number of oxime groups is 1. The van der Waals surface area contributed by atoms with Crippen molar-refractivity contribution in [3.8, 4) is 5.88 Å². The van der Waals surface area contributed by atoms with Gasteiger partial charge in [0.1, 0.15) is 17.5 Å². The van der Waals surface area contributed by atoms with Crippen molar-refractivity contribution in [1.82, 2.24) is 10.3 Å². The molecule has 2 aromatic rings. The van der Waals surface area contributed by atoms with E-state index in [0.717, 1.165) is 11.3 Å². The molecular formula is C18H18FN3O3. The van der Waals surface area contributed by atoms with Crippen LogP contribution >= 0.6 is 0 Å². The maximum Gasteiger partial charge on any atom is 0.256 e. The first-order valence-electron chi connectivity index (χ1n) is 7.89. The van der Waals surface area contributed by atoms with E-state index in [1.807, 2.05) is 6.07 Å². The quantitative estimate of drug-likeness (QED) is 0.874. The number of amides is 1. The van der Waals surface area contributed by atoms with Gasteiger partial charge in [0, 0.05) is 19.0 Å². The molecule has 0 saturated heterocycles. The van der Waals surface area contributed by atoms with Crippen molar-refractivity contribution in [3.05, 3.63) is 59.5 Å². The molecule has 0 spiro atoms. The molecule has 1 aromatic heterocycles. The van der Waals surface area contributed by atoms with E-state index in [0.29, 0.717) is 24.9 Å². The van der Waals surface area contributed by atoms with Crippen molar-refractivity contribution in [2.45, 2.75) is 18.9 Å². The van der Waals surface area contributed by atoms with Crippen LogP contribution in [-0.2, 0) is 11.3 Å². The zero-order chi connectivity index (χ0) is 17.6. The van der Waals surface area contributed by atoms with Crippen LogP contribution in [0.3, 0.4) is 0 Å². The number of halogens is 1. The highest BCUT2D eigenvalue weighted by molar-refractivity contribution is 5.96.